The zero-order valence-corrected chi connectivity index (χ0v) is 13.9. The van der Waals surface area contributed by atoms with Gasteiger partial charge in [0.25, 0.3) is 0 Å². The highest BCUT2D eigenvalue weighted by Gasteiger charge is 2.39. The van der Waals surface area contributed by atoms with Gasteiger partial charge in [-0.2, -0.15) is 0 Å². The second-order valence-electron chi connectivity index (χ2n) is 8.12. The second-order valence-corrected chi connectivity index (χ2v) is 8.12. The maximum atomic E-state index is 10.0. The van der Waals surface area contributed by atoms with E-state index in [1.54, 1.807) is 0 Å². The lowest BCUT2D eigenvalue weighted by atomic mass is 9.82. The summed E-state index contributed by atoms with van der Waals surface area (Å²) in [5.41, 5.74) is 0.245. The van der Waals surface area contributed by atoms with Crippen LogP contribution in [0.4, 0.5) is 0 Å². The summed E-state index contributed by atoms with van der Waals surface area (Å²) in [7, 11) is 0. The molecule has 21 heavy (non-hydrogen) atoms. The van der Waals surface area contributed by atoms with Gasteiger partial charge in [0.2, 0.25) is 0 Å². The molecule has 0 atom stereocenters. The predicted octanol–water partition coefficient (Wildman–Crippen LogP) is 4.51. The first-order valence-electron chi connectivity index (χ1n) is 9.70. The van der Waals surface area contributed by atoms with Crippen molar-refractivity contribution < 1.29 is 5.11 Å². The first-order valence-corrected chi connectivity index (χ1v) is 9.70. The van der Waals surface area contributed by atoms with E-state index in [2.05, 4.69) is 4.90 Å². The van der Waals surface area contributed by atoms with Crippen LogP contribution >= 0.6 is 0 Å². The Morgan fingerprint density at radius 2 is 1.19 bits per heavy atom. The van der Waals surface area contributed by atoms with Crippen molar-refractivity contribution in [2.45, 2.75) is 102 Å². The highest BCUT2D eigenvalue weighted by Crippen LogP contribution is 2.41. The molecule has 2 nitrogen and oxygen atoms in total. The topological polar surface area (TPSA) is 23.5 Å². The van der Waals surface area contributed by atoms with E-state index >= 15 is 0 Å². The summed E-state index contributed by atoms with van der Waals surface area (Å²) < 4.78 is 0. The van der Waals surface area contributed by atoms with Gasteiger partial charge in [-0.25, -0.2) is 0 Å². The highest BCUT2D eigenvalue weighted by atomic mass is 16.3. The van der Waals surface area contributed by atoms with Crippen molar-refractivity contribution in [3.05, 3.63) is 0 Å². The number of hydrogen-bond donors (Lipinski definition) is 1. The smallest absolute Gasteiger partial charge is 0.0499 e. The average Bonchev–Trinajstić information content (AvgIpc) is 3.04. The SMILES string of the molecule is OCC1(CN(C2CCCCC2)C2CCCCC2)CCCC1. The molecule has 122 valence electrons. The van der Waals surface area contributed by atoms with Crippen molar-refractivity contribution in [1.82, 2.24) is 4.90 Å². The molecule has 2 heteroatoms. The van der Waals surface area contributed by atoms with Crippen LogP contribution in [0.5, 0.6) is 0 Å². The van der Waals surface area contributed by atoms with Gasteiger partial charge in [-0.15, -0.1) is 0 Å². The molecule has 0 unspecified atom stereocenters. The van der Waals surface area contributed by atoms with Crippen molar-refractivity contribution >= 4 is 0 Å². The number of nitrogens with zero attached hydrogens (tertiary/aromatic N) is 1. The molecule has 0 bridgehead atoms. The zero-order valence-electron chi connectivity index (χ0n) is 13.9. The maximum Gasteiger partial charge on any atom is 0.0499 e. The van der Waals surface area contributed by atoms with Crippen LogP contribution in [0.2, 0.25) is 0 Å². The average molecular weight is 293 g/mol. The Morgan fingerprint density at radius 3 is 1.62 bits per heavy atom. The zero-order chi connectivity index (χ0) is 14.5. The third-order valence-corrected chi connectivity index (χ3v) is 6.61. The van der Waals surface area contributed by atoms with Crippen molar-refractivity contribution in [3.63, 3.8) is 0 Å². The first-order chi connectivity index (χ1) is 10.3. The van der Waals surface area contributed by atoms with Gasteiger partial charge >= 0.3 is 0 Å². The molecule has 0 amide bonds. The molecule has 3 saturated carbocycles. The molecule has 0 radical (unpaired) electrons. The quantitative estimate of drug-likeness (QED) is 0.806. The summed E-state index contributed by atoms with van der Waals surface area (Å²) in [5, 5.41) is 10.0. The van der Waals surface area contributed by atoms with E-state index in [0.717, 1.165) is 12.1 Å². The lowest BCUT2D eigenvalue weighted by Gasteiger charge is -2.46. The molecule has 0 aromatic carbocycles. The summed E-state index contributed by atoms with van der Waals surface area (Å²) in [6.45, 7) is 1.61. The third-order valence-electron chi connectivity index (χ3n) is 6.61. The number of aliphatic hydroxyl groups is 1. The maximum absolute atomic E-state index is 10.0. The van der Waals surface area contributed by atoms with Crippen molar-refractivity contribution in [2.75, 3.05) is 13.2 Å². The largest absolute Gasteiger partial charge is 0.396 e. The van der Waals surface area contributed by atoms with Crippen molar-refractivity contribution in [2.24, 2.45) is 5.41 Å². The minimum Gasteiger partial charge on any atom is -0.396 e. The first kappa shape index (κ1) is 15.8. The minimum absolute atomic E-state index is 0.245. The Bertz CT molecular complexity index is 281. The summed E-state index contributed by atoms with van der Waals surface area (Å²) in [6, 6.07) is 1.65. The Balaban J connectivity index is 1.70. The molecule has 3 rings (SSSR count). The van der Waals surface area contributed by atoms with E-state index in [9.17, 15) is 5.11 Å². The molecule has 0 aliphatic heterocycles. The molecule has 3 fully saturated rings. The van der Waals surface area contributed by atoms with Gasteiger partial charge in [0, 0.05) is 30.7 Å². The van der Waals surface area contributed by atoms with Gasteiger partial charge in [0.1, 0.15) is 0 Å². The Morgan fingerprint density at radius 1 is 0.714 bits per heavy atom. The van der Waals surface area contributed by atoms with Crippen molar-refractivity contribution in [1.29, 1.82) is 0 Å². The fraction of sp³-hybridized carbons (Fsp3) is 1.00. The molecule has 0 saturated heterocycles. The lowest BCUT2D eigenvalue weighted by molar-refractivity contribution is 0.0103. The molecule has 0 spiro atoms. The highest BCUT2D eigenvalue weighted by molar-refractivity contribution is 4.92. The van der Waals surface area contributed by atoms with E-state index < -0.39 is 0 Å². The fourth-order valence-electron chi connectivity index (χ4n) is 5.26. The van der Waals surface area contributed by atoms with Crippen LogP contribution in [0.1, 0.15) is 89.9 Å². The number of aliphatic hydroxyl groups excluding tert-OH is 1. The Kier molecular flexibility index (Phi) is 5.61. The van der Waals surface area contributed by atoms with Gasteiger partial charge in [-0.05, 0) is 38.5 Å². The van der Waals surface area contributed by atoms with Crippen LogP contribution in [-0.4, -0.2) is 35.2 Å². The van der Waals surface area contributed by atoms with Crippen LogP contribution in [0.15, 0.2) is 0 Å². The Hall–Kier alpha value is -0.0800. The minimum atomic E-state index is 0.245. The van der Waals surface area contributed by atoms with E-state index in [4.69, 9.17) is 0 Å². The van der Waals surface area contributed by atoms with Crippen molar-refractivity contribution in [3.8, 4) is 0 Å². The summed E-state index contributed by atoms with van der Waals surface area (Å²) in [5.74, 6) is 0. The number of rotatable bonds is 5. The van der Waals surface area contributed by atoms with E-state index in [1.165, 1.54) is 96.4 Å². The molecule has 3 aliphatic carbocycles. The van der Waals surface area contributed by atoms with E-state index in [1.807, 2.05) is 0 Å². The molecule has 0 heterocycles. The molecular weight excluding hydrogens is 258 g/mol. The fourth-order valence-corrected chi connectivity index (χ4v) is 5.26. The second kappa shape index (κ2) is 7.46. The monoisotopic (exact) mass is 293 g/mol. The molecule has 0 aromatic rings. The van der Waals surface area contributed by atoms with Crippen LogP contribution in [0.3, 0.4) is 0 Å². The standard InChI is InChI=1S/C19H35NO/c21-16-19(13-7-8-14-19)15-20(17-9-3-1-4-10-17)18-11-5-2-6-12-18/h17-18,21H,1-16H2. The molecule has 1 N–H and O–H groups in total. The van der Waals surface area contributed by atoms with Crippen LogP contribution in [0.25, 0.3) is 0 Å². The predicted molar refractivity (Wildman–Crippen MR) is 88.4 cm³/mol. The third kappa shape index (κ3) is 3.82. The Labute approximate surface area is 131 Å². The van der Waals surface area contributed by atoms with E-state index in [-0.39, 0.29) is 5.41 Å². The lowest BCUT2D eigenvalue weighted by Crippen LogP contribution is -2.50. The van der Waals surface area contributed by atoms with Gasteiger partial charge in [-0.1, -0.05) is 51.4 Å². The van der Waals surface area contributed by atoms with Gasteiger partial charge in [0.05, 0.1) is 0 Å². The normalized spacial score (nSPS) is 28.3. The molecular formula is C19H35NO. The van der Waals surface area contributed by atoms with Crippen LogP contribution < -0.4 is 0 Å². The van der Waals surface area contributed by atoms with Crippen LogP contribution in [-0.2, 0) is 0 Å². The summed E-state index contributed by atoms with van der Waals surface area (Å²) >= 11 is 0. The van der Waals surface area contributed by atoms with Crippen LogP contribution in [0, 0.1) is 5.41 Å². The molecule has 0 aromatic heterocycles. The number of hydrogen-bond acceptors (Lipinski definition) is 2. The van der Waals surface area contributed by atoms with E-state index in [0.29, 0.717) is 6.61 Å². The molecule has 3 aliphatic rings. The summed E-state index contributed by atoms with van der Waals surface area (Å²) in [6.07, 6.45) is 19.5. The van der Waals surface area contributed by atoms with Gasteiger partial charge in [0.15, 0.2) is 0 Å². The van der Waals surface area contributed by atoms with Gasteiger partial charge in [-0.3, -0.25) is 4.90 Å². The van der Waals surface area contributed by atoms with Gasteiger partial charge < -0.3 is 5.11 Å². The summed E-state index contributed by atoms with van der Waals surface area (Å²) in [4.78, 5) is 2.90.